The van der Waals surface area contributed by atoms with Crippen LogP contribution in [-0.2, 0) is 4.79 Å². The summed E-state index contributed by atoms with van der Waals surface area (Å²) in [6, 6.07) is 5.41. The van der Waals surface area contributed by atoms with Gasteiger partial charge in [-0.2, -0.15) is 0 Å². The lowest BCUT2D eigenvalue weighted by molar-refractivity contribution is -0.139. The van der Waals surface area contributed by atoms with Gasteiger partial charge in [0.1, 0.15) is 11.8 Å². The summed E-state index contributed by atoms with van der Waals surface area (Å²) in [5.74, 6) is -1.07. The maximum absolute atomic E-state index is 10.9. The molecule has 1 atom stereocenters. The molecular weight excluding hydrogens is 196 g/mol. The lowest BCUT2D eigenvalue weighted by Gasteiger charge is -2.15. The number of phenols is 1. The number of aliphatic carboxylic acids is 1. The molecule has 0 aromatic heterocycles. The van der Waals surface area contributed by atoms with E-state index in [0.29, 0.717) is 18.7 Å². The highest BCUT2D eigenvalue weighted by molar-refractivity contribution is 5.76. The number of nitrogens with two attached hydrogens (primary N) is 1. The second-order valence-electron chi connectivity index (χ2n) is 3.07. The van der Waals surface area contributed by atoms with Crippen molar-refractivity contribution in [3.63, 3.8) is 0 Å². The number of carbonyl (C=O) groups is 1. The van der Waals surface area contributed by atoms with Crippen LogP contribution in [0.4, 0.5) is 0 Å². The van der Waals surface area contributed by atoms with Crippen LogP contribution in [0.3, 0.4) is 0 Å². The van der Waals surface area contributed by atoms with E-state index in [1.807, 2.05) is 0 Å². The van der Waals surface area contributed by atoms with E-state index in [2.05, 4.69) is 5.32 Å². The lowest BCUT2D eigenvalue weighted by atomic mass is 10.1. The predicted octanol–water partition coefficient (Wildman–Crippen LogP) is 0.0662. The number of hydrogen-bond donors (Lipinski definition) is 4. The number of rotatable bonds is 5. The van der Waals surface area contributed by atoms with Crippen molar-refractivity contribution in [2.24, 2.45) is 5.73 Å². The molecule has 5 nitrogen and oxygen atoms in total. The molecule has 0 heterocycles. The van der Waals surface area contributed by atoms with Gasteiger partial charge in [-0.1, -0.05) is 18.2 Å². The summed E-state index contributed by atoms with van der Waals surface area (Å²) in [7, 11) is 0. The molecule has 0 amide bonds. The Balaban J connectivity index is 2.89. The van der Waals surface area contributed by atoms with Gasteiger partial charge in [-0.25, -0.2) is 0 Å². The van der Waals surface area contributed by atoms with E-state index < -0.39 is 12.0 Å². The fraction of sp³-hybridized carbons (Fsp3) is 0.300. The van der Waals surface area contributed by atoms with Gasteiger partial charge in [-0.15, -0.1) is 0 Å². The molecule has 0 aliphatic rings. The number of carboxylic acids is 1. The minimum Gasteiger partial charge on any atom is -0.508 e. The zero-order valence-electron chi connectivity index (χ0n) is 8.18. The molecule has 1 rings (SSSR count). The highest BCUT2D eigenvalue weighted by atomic mass is 16.4. The van der Waals surface area contributed by atoms with Gasteiger partial charge < -0.3 is 15.9 Å². The van der Waals surface area contributed by atoms with Crippen molar-refractivity contribution < 1.29 is 15.0 Å². The standard InChI is InChI=1S/C10H14N2O3/c11-5-6-12-9(10(14)15)7-3-1-2-4-8(7)13/h1-4,9,12-13H,5-6,11H2,(H,14,15). The Morgan fingerprint density at radius 2 is 2.13 bits per heavy atom. The van der Waals surface area contributed by atoms with Gasteiger partial charge in [0.2, 0.25) is 0 Å². The summed E-state index contributed by atoms with van der Waals surface area (Å²) in [5.41, 5.74) is 5.62. The van der Waals surface area contributed by atoms with Crippen LogP contribution in [0.2, 0.25) is 0 Å². The molecule has 0 saturated carbocycles. The van der Waals surface area contributed by atoms with Crippen LogP contribution in [0, 0.1) is 0 Å². The molecule has 5 N–H and O–H groups in total. The zero-order chi connectivity index (χ0) is 11.3. The maximum Gasteiger partial charge on any atom is 0.325 e. The molecule has 1 unspecified atom stereocenters. The first-order valence-corrected chi connectivity index (χ1v) is 4.61. The fourth-order valence-corrected chi connectivity index (χ4v) is 1.29. The molecule has 5 heteroatoms. The van der Waals surface area contributed by atoms with Crippen molar-refractivity contribution in [1.29, 1.82) is 0 Å². The summed E-state index contributed by atoms with van der Waals surface area (Å²) in [6.45, 7) is 0.725. The average Bonchev–Trinajstić information content (AvgIpc) is 2.20. The van der Waals surface area contributed by atoms with Crippen LogP contribution in [-0.4, -0.2) is 29.3 Å². The van der Waals surface area contributed by atoms with E-state index in [-0.39, 0.29) is 5.75 Å². The predicted molar refractivity (Wildman–Crippen MR) is 55.5 cm³/mol. The van der Waals surface area contributed by atoms with Gasteiger partial charge in [0, 0.05) is 18.7 Å². The highest BCUT2D eigenvalue weighted by Crippen LogP contribution is 2.23. The number of aromatic hydroxyl groups is 1. The van der Waals surface area contributed by atoms with E-state index in [1.165, 1.54) is 6.07 Å². The molecule has 0 saturated heterocycles. The Kier molecular flexibility index (Phi) is 4.08. The molecule has 0 bridgehead atoms. The topological polar surface area (TPSA) is 95.6 Å². The molecule has 82 valence electrons. The smallest absolute Gasteiger partial charge is 0.325 e. The van der Waals surface area contributed by atoms with Crippen molar-refractivity contribution in [2.75, 3.05) is 13.1 Å². The average molecular weight is 210 g/mol. The van der Waals surface area contributed by atoms with Gasteiger partial charge in [-0.05, 0) is 6.07 Å². The molecule has 0 spiro atoms. The van der Waals surface area contributed by atoms with Gasteiger partial charge in [0.15, 0.2) is 0 Å². The summed E-state index contributed by atoms with van der Waals surface area (Å²) >= 11 is 0. The molecule has 0 aliphatic carbocycles. The molecule has 1 aromatic rings. The highest BCUT2D eigenvalue weighted by Gasteiger charge is 2.21. The molecule has 0 aliphatic heterocycles. The zero-order valence-corrected chi connectivity index (χ0v) is 8.18. The first-order chi connectivity index (χ1) is 7.16. The Morgan fingerprint density at radius 3 is 2.67 bits per heavy atom. The third-order valence-corrected chi connectivity index (χ3v) is 1.99. The van der Waals surface area contributed by atoms with E-state index >= 15 is 0 Å². The van der Waals surface area contributed by atoms with Crippen molar-refractivity contribution in [3.05, 3.63) is 29.8 Å². The molecule has 0 fully saturated rings. The second kappa shape index (κ2) is 5.33. The van der Waals surface area contributed by atoms with Gasteiger partial charge in [0.25, 0.3) is 0 Å². The Bertz CT molecular complexity index is 341. The first-order valence-electron chi connectivity index (χ1n) is 4.61. The summed E-state index contributed by atoms with van der Waals surface area (Å²) in [5, 5.41) is 21.2. The van der Waals surface area contributed by atoms with Gasteiger partial charge >= 0.3 is 5.97 Å². The Hall–Kier alpha value is -1.59. The number of phenolic OH excluding ortho intramolecular Hbond substituents is 1. The maximum atomic E-state index is 10.9. The first kappa shape index (κ1) is 11.5. The monoisotopic (exact) mass is 210 g/mol. The molecule has 15 heavy (non-hydrogen) atoms. The van der Waals surface area contributed by atoms with Crippen molar-refractivity contribution >= 4 is 5.97 Å². The van der Waals surface area contributed by atoms with Crippen molar-refractivity contribution in [1.82, 2.24) is 5.32 Å². The van der Waals surface area contributed by atoms with Crippen LogP contribution in [0.25, 0.3) is 0 Å². The fourth-order valence-electron chi connectivity index (χ4n) is 1.29. The Labute approximate surface area is 87.5 Å². The quantitative estimate of drug-likeness (QED) is 0.551. The van der Waals surface area contributed by atoms with E-state index in [9.17, 15) is 9.90 Å². The third-order valence-electron chi connectivity index (χ3n) is 1.99. The molecule has 1 aromatic carbocycles. The third kappa shape index (κ3) is 2.93. The van der Waals surface area contributed by atoms with Crippen molar-refractivity contribution in [3.8, 4) is 5.75 Å². The van der Waals surface area contributed by atoms with Crippen LogP contribution in [0.15, 0.2) is 24.3 Å². The summed E-state index contributed by atoms with van der Waals surface area (Å²) in [6.07, 6.45) is 0. The SMILES string of the molecule is NCCNC(C(=O)O)c1ccccc1O. The van der Waals surface area contributed by atoms with Crippen molar-refractivity contribution in [2.45, 2.75) is 6.04 Å². The van der Waals surface area contributed by atoms with Crippen LogP contribution in [0.5, 0.6) is 5.75 Å². The minimum absolute atomic E-state index is 0.0329. The number of para-hydroxylation sites is 1. The van der Waals surface area contributed by atoms with Crippen LogP contribution in [0.1, 0.15) is 11.6 Å². The van der Waals surface area contributed by atoms with E-state index in [4.69, 9.17) is 10.8 Å². The summed E-state index contributed by atoms with van der Waals surface area (Å²) in [4.78, 5) is 10.9. The number of benzene rings is 1. The van der Waals surface area contributed by atoms with Gasteiger partial charge in [-0.3, -0.25) is 10.1 Å². The second-order valence-corrected chi connectivity index (χ2v) is 3.07. The van der Waals surface area contributed by atoms with Crippen LogP contribution >= 0.6 is 0 Å². The Morgan fingerprint density at radius 1 is 1.47 bits per heavy atom. The number of nitrogens with one attached hydrogen (secondary N) is 1. The molecule has 0 radical (unpaired) electrons. The van der Waals surface area contributed by atoms with Crippen LogP contribution < -0.4 is 11.1 Å². The van der Waals surface area contributed by atoms with Gasteiger partial charge in [0.05, 0.1) is 0 Å². The lowest BCUT2D eigenvalue weighted by Crippen LogP contribution is -2.32. The minimum atomic E-state index is -1.04. The van der Waals surface area contributed by atoms with E-state index in [0.717, 1.165) is 0 Å². The summed E-state index contributed by atoms with van der Waals surface area (Å²) < 4.78 is 0. The van der Waals surface area contributed by atoms with E-state index in [1.54, 1.807) is 18.2 Å². The number of hydrogen-bond acceptors (Lipinski definition) is 4. The molecular formula is C10H14N2O3. The largest absolute Gasteiger partial charge is 0.508 e. The number of carboxylic acid groups (broad SMARTS) is 1. The normalized spacial score (nSPS) is 12.3.